The number of anilines is 1. The molecule has 9 heteroatoms. The van der Waals surface area contributed by atoms with E-state index in [-0.39, 0.29) is 30.9 Å². The van der Waals surface area contributed by atoms with Crippen molar-refractivity contribution in [3.05, 3.63) is 90.0 Å². The summed E-state index contributed by atoms with van der Waals surface area (Å²) in [5.74, 6) is -2.43. The lowest BCUT2D eigenvalue weighted by Gasteiger charge is -2.39. The Morgan fingerprint density at radius 1 is 1.14 bits per heavy atom. The monoisotopic (exact) mass is 619 g/mol. The van der Waals surface area contributed by atoms with Gasteiger partial charge in [0, 0.05) is 19.6 Å². The minimum absolute atomic E-state index is 0.153. The minimum Gasteiger partial charge on any atom is -0.394 e. The number of hydrogen-bond donors (Lipinski definition) is 1. The molecule has 2 unspecified atom stereocenters. The maximum absolute atomic E-state index is 15.0. The number of rotatable bonds is 13. The molecule has 2 aromatic rings. The van der Waals surface area contributed by atoms with Gasteiger partial charge in [-0.15, -0.1) is 13.2 Å². The normalized spacial score (nSPS) is 25.9. The summed E-state index contributed by atoms with van der Waals surface area (Å²) < 4.78 is 6.70. The number of para-hydroxylation sites is 1. The Kier molecular flexibility index (Phi) is 9.63. The molecule has 44 heavy (non-hydrogen) atoms. The fourth-order valence-electron chi connectivity index (χ4n) is 7.64. The molecule has 0 saturated carbocycles. The quantitative estimate of drug-likeness (QED) is 0.332. The van der Waals surface area contributed by atoms with E-state index in [4.69, 9.17) is 16.3 Å². The van der Waals surface area contributed by atoms with Crippen molar-refractivity contribution in [2.75, 3.05) is 31.1 Å². The molecule has 3 heterocycles. The number of halogens is 1. The Bertz CT molecular complexity index is 1400. The Morgan fingerprint density at radius 2 is 1.86 bits per heavy atom. The first kappa shape index (κ1) is 31.9. The summed E-state index contributed by atoms with van der Waals surface area (Å²) in [5.41, 5.74) is 1.03. The van der Waals surface area contributed by atoms with E-state index in [0.29, 0.717) is 43.1 Å². The van der Waals surface area contributed by atoms with Crippen LogP contribution in [0.4, 0.5) is 5.69 Å². The first-order valence-electron chi connectivity index (χ1n) is 15.5. The van der Waals surface area contributed by atoms with Crippen LogP contribution in [0.5, 0.6) is 0 Å². The topological polar surface area (TPSA) is 90.4 Å². The van der Waals surface area contributed by atoms with Gasteiger partial charge in [0.1, 0.15) is 11.6 Å². The molecule has 2 bridgehead atoms. The number of benzene rings is 2. The molecule has 3 fully saturated rings. The third-order valence-corrected chi connectivity index (χ3v) is 9.67. The molecule has 8 nitrogen and oxygen atoms in total. The van der Waals surface area contributed by atoms with Gasteiger partial charge < -0.3 is 24.5 Å². The highest BCUT2D eigenvalue weighted by atomic mass is 35.5. The zero-order valence-corrected chi connectivity index (χ0v) is 26.3. The minimum atomic E-state index is -1.22. The number of amides is 3. The van der Waals surface area contributed by atoms with Crippen LogP contribution < -0.4 is 4.90 Å². The number of aliphatic hydroxyl groups excluding tert-OH is 1. The molecule has 3 amide bonds. The highest BCUT2D eigenvalue weighted by Gasteiger charge is 2.75. The average Bonchev–Trinajstić information content (AvgIpc) is 3.66. The van der Waals surface area contributed by atoms with Crippen LogP contribution in [0.3, 0.4) is 0 Å². The standard InChI is InChI=1S/C35H42ClN3O5/c1-5-18-37(19-6-2)32(41)28-27-16-17-35(44-27)29(28)33(42)39(25(22-40)21-24-13-9-8-10-14-24)31(35)34(43)38(20-7-3)30-23(4)12-11-15-26(30)36/h5,7-15,25,27-29,31,40H,1,3,6,16-22H2,2,4H3/t25-,27-,28+,29+,31?,35?/m1/s1. The van der Waals surface area contributed by atoms with Crippen molar-refractivity contribution in [3.8, 4) is 0 Å². The SMILES string of the molecule is C=CCN(CCC)C(=O)[C@@H]1[C@H]2C(=O)N([C@@H](CO)Cc3ccccc3)C(C(=O)N(CC=C)c3c(C)cccc3Cl)C23CC[C@H]1O3. The Labute approximate surface area is 264 Å². The second-order valence-electron chi connectivity index (χ2n) is 12.0. The molecule has 0 aliphatic carbocycles. The highest BCUT2D eigenvalue weighted by molar-refractivity contribution is 6.34. The number of carbonyl (C=O) groups excluding carboxylic acids is 3. The molecule has 6 atom stereocenters. The highest BCUT2D eigenvalue weighted by Crippen LogP contribution is 2.59. The molecule has 3 saturated heterocycles. The van der Waals surface area contributed by atoms with Gasteiger partial charge in [0.15, 0.2) is 0 Å². The third kappa shape index (κ3) is 5.37. The summed E-state index contributed by atoms with van der Waals surface area (Å²) in [4.78, 5) is 48.6. The van der Waals surface area contributed by atoms with Gasteiger partial charge in [0.2, 0.25) is 11.8 Å². The molecular formula is C35H42ClN3O5. The van der Waals surface area contributed by atoms with Crippen LogP contribution in [0, 0.1) is 18.8 Å². The number of fused-ring (bicyclic) bond motifs is 1. The number of ether oxygens (including phenoxy) is 1. The van der Waals surface area contributed by atoms with Crippen LogP contribution in [0.1, 0.15) is 37.3 Å². The third-order valence-electron chi connectivity index (χ3n) is 9.37. The lowest BCUT2D eigenvalue weighted by molar-refractivity contribution is -0.147. The summed E-state index contributed by atoms with van der Waals surface area (Å²) in [6, 6.07) is 13.2. The van der Waals surface area contributed by atoms with Gasteiger partial charge in [-0.3, -0.25) is 14.4 Å². The number of aryl methyl sites for hydroxylation is 1. The summed E-state index contributed by atoms with van der Waals surface area (Å²) in [6.07, 6.45) is 4.94. The number of likely N-dealkylation sites (tertiary alicyclic amines) is 1. The van der Waals surface area contributed by atoms with Crippen molar-refractivity contribution in [1.82, 2.24) is 9.80 Å². The Balaban J connectivity index is 1.63. The van der Waals surface area contributed by atoms with Gasteiger partial charge in [0.25, 0.3) is 5.91 Å². The van der Waals surface area contributed by atoms with E-state index < -0.39 is 35.6 Å². The Hall–Kier alpha value is -3.46. The lowest BCUT2D eigenvalue weighted by atomic mass is 9.70. The van der Waals surface area contributed by atoms with E-state index in [1.165, 1.54) is 4.90 Å². The summed E-state index contributed by atoms with van der Waals surface area (Å²) >= 11 is 6.68. The second-order valence-corrected chi connectivity index (χ2v) is 12.5. The van der Waals surface area contributed by atoms with Crippen molar-refractivity contribution in [1.29, 1.82) is 0 Å². The van der Waals surface area contributed by atoms with E-state index in [1.54, 1.807) is 28.0 Å². The molecule has 2 aromatic carbocycles. The van der Waals surface area contributed by atoms with Gasteiger partial charge >= 0.3 is 0 Å². The largest absolute Gasteiger partial charge is 0.394 e. The first-order valence-corrected chi connectivity index (χ1v) is 15.8. The molecule has 234 valence electrons. The zero-order chi connectivity index (χ0) is 31.6. The van der Waals surface area contributed by atoms with Crippen molar-refractivity contribution in [3.63, 3.8) is 0 Å². The zero-order valence-electron chi connectivity index (χ0n) is 25.5. The molecule has 0 aromatic heterocycles. The first-order chi connectivity index (χ1) is 21.2. The average molecular weight is 620 g/mol. The van der Waals surface area contributed by atoms with Crippen molar-refractivity contribution in [2.24, 2.45) is 11.8 Å². The smallest absolute Gasteiger partial charge is 0.253 e. The van der Waals surface area contributed by atoms with Crippen LogP contribution in [0.15, 0.2) is 73.8 Å². The van der Waals surface area contributed by atoms with Crippen LogP contribution in [0.25, 0.3) is 0 Å². The van der Waals surface area contributed by atoms with E-state index >= 15 is 0 Å². The fourth-order valence-corrected chi connectivity index (χ4v) is 7.97. The number of aliphatic hydroxyl groups is 1. The summed E-state index contributed by atoms with van der Waals surface area (Å²) in [6.45, 7) is 12.3. The van der Waals surface area contributed by atoms with Gasteiger partial charge in [-0.2, -0.15) is 0 Å². The van der Waals surface area contributed by atoms with Crippen molar-refractivity contribution >= 4 is 35.0 Å². The van der Waals surface area contributed by atoms with E-state index in [0.717, 1.165) is 17.5 Å². The molecule has 3 aliphatic heterocycles. The molecular weight excluding hydrogens is 578 g/mol. The molecule has 5 rings (SSSR count). The number of nitrogens with zero attached hydrogens (tertiary/aromatic N) is 3. The lowest BCUT2D eigenvalue weighted by Crippen LogP contribution is -2.59. The summed E-state index contributed by atoms with van der Waals surface area (Å²) in [5, 5.41) is 11.2. The van der Waals surface area contributed by atoms with Gasteiger partial charge in [-0.05, 0) is 49.8 Å². The van der Waals surface area contributed by atoms with Crippen LogP contribution >= 0.6 is 11.6 Å². The molecule has 1 N–H and O–H groups in total. The maximum atomic E-state index is 15.0. The Morgan fingerprint density at radius 3 is 2.50 bits per heavy atom. The fraction of sp³-hybridized carbons (Fsp3) is 0.457. The van der Waals surface area contributed by atoms with Crippen molar-refractivity contribution < 1.29 is 24.2 Å². The van der Waals surface area contributed by atoms with Crippen molar-refractivity contribution in [2.45, 2.75) is 63.3 Å². The maximum Gasteiger partial charge on any atom is 0.253 e. The number of carbonyl (C=O) groups is 3. The van der Waals surface area contributed by atoms with Crippen LogP contribution in [-0.4, -0.2) is 82.7 Å². The predicted molar refractivity (Wildman–Crippen MR) is 171 cm³/mol. The number of hydrogen-bond acceptors (Lipinski definition) is 5. The van der Waals surface area contributed by atoms with Gasteiger partial charge in [-0.25, -0.2) is 0 Å². The van der Waals surface area contributed by atoms with Crippen LogP contribution in [0.2, 0.25) is 5.02 Å². The van der Waals surface area contributed by atoms with E-state index in [9.17, 15) is 19.5 Å². The van der Waals surface area contributed by atoms with E-state index in [1.807, 2.05) is 56.3 Å². The van der Waals surface area contributed by atoms with Gasteiger partial charge in [-0.1, -0.05) is 73.1 Å². The van der Waals surface area contributed by atoms with Gasteiger partial charge in [0.05, 0.1) is 41.3 Å². The predicted octanol–water partition coefficient (Wildman–Crippen LogP) is 4.57. The molecule has 3 aliphatic rings. The van der Waals surface area contributed by atoms with E-state index in [2.05, 4.69) is 13.2 Å². The molecule has 1 spiro atoms. The van der Waals surface area contributed by atoms with Crippen LogP contribution in [-0.2, 0) is 25.5 Å². The second kappa shape index (κ2) is 13.3. The molecule has 0 radical (unpaired) electrons. The summed E-state index contributed by atoms with van der Waals surface area (Å²) in [7, 11) is 0.